The molecule has 0 saturated heterocycles. The summed E-state index contributed by atoms with van der Waals surface area (Å²) in [4.78, 5) is 25.0. The topological polar surface area (TPSA) is 81.7 Å². The zero-order valence-corrected chi connectivity index (χ0v) is 14.6. The normalized spacial score (nSPS) is 22.2. The summed E-state index contributed by atoms with van der Waals surface area (Å²) >= 11 is 0. The van der Waals surface area contributed by atoms with E-state index in [4.69, 9.17) is 5.11 Å². The molecule has 0 bridgehead atoms. The van der Waals surface area contributed by atoms with Crippen molar-refractivity contribution < 1.29 is 27.9 Å². The van der Waals surface area contributed by atoms with E-state index >= 15 is 0 Å². The molecule has 2 fully saturated rings. The molecule has 2 aliphatic rings. The van der Waals surface area contributed by atoms with E-state index in [0.717, 1.165) is 31.5 Å². The number of carbonyl (C=O) groups excluding carboxylic acids is 1. The van der Waals surface area contributed by atoms with Crippen LogP contribution < -0.4 is 10.6 Å². The molecule has 27 heavy (non-hydrogen) atoms. The molecule has 2 aliphatic carbocycles. The van der Waals surface area contributed by atoms with Gasteiger partial charge >= 0.3 is 18.2 Å². The number of amides is 2. The lowest BCUT2D eigenvalue weighted by Crippen LogP contribution is -2.55. The summed E-state index contributed by atoms with van der Waals surface area (Å²) in [5.74, 6) is -0.296. The number of carboxylic acids is 1. The van der Waals surface area contributed by atoms with Crippen LogP contribution in [0, 0.1) is 5.92 Å². The first-order valence-electron chi connectivity index (χ1n) is 8.91. The number of hydrogen-bond donors (Lipinski definition) is 3. The number of hydrogen-bond acceptors (Lipinski definition) is 3. The van der Waals surface area contributed by atoms with Crippen molar-refractivity contribution in [1.82, 2.24) is 10.2 Å². The van der Waals surface area contributed by atoms with Gasteiger partial charge in [0.05, 0.1) is 12.1 Å². The summed E-state index contributed by atoms with van der Waals surface area (Å²) in [5, 5.41) is 14.2. The van der Waals surface area contributed by atoms with Gasteiger partial charge in [0.15, 0.2) is 0 Å². The van der Waals surface area contributed by atoms with Gasteiger partial charge < -0.3 is 15.7 Å². The first-order valence-corrected chi connectivity index (χ1v) is 8.91. The Labute approximate surface area is 154 Å². The SMILES string of the molecule is O=C(O)CN(CC1CC1)C1CC(NC(=O)Nc2cccc(C(F)(F)F)c2)C1. The standard InChI is InChI=1S/C18H22F3N3O3/c19-18(20,21)12-2-1-3-13(6-12)22-17(27)23-14-7-15(8-14)24(10-16(25)26)9-11-4-5-11/h1-3,6,11,14-15H,4-5,7-10H2,(H,25,26)(H2,22,23,27). The van der Waals surface area contributed by atoms with Crippen LogP contribution in [-0.2, 0) is 11.0 Å². The average molecular weight is 385 g/mol. The smallest absolute Gasteiger partial charge is 0.416 e. The molecular weight excluding hydrogens is 363 g/mol. The Balaban J connectivity index is 1.46. The van der Waals surface area contributed by atoms with E-state index in [2.05, 4.69) is 10.6 Å². The molecule has 148 valence electrons. The molecule has 1 aromatic carbocycles. The van der Waals surface area contributed by atoms with Crippen LogP contribution in [-0.4, -0.2) is 47.2 Å². The van der Waals surface area contributed by atoms with Crippen LogP contribution in [0.4, 0.5) is 23.7 Å². The van der Waals surface area contributed by atoms with Gasteiger partial charge in [0.2, 0.25) is 0 Å². The Morgan fingerprint density at radius 3 is 2.52 bits per heavy atom. The predicted molar refractivity (Wildman–Crippen MR) is 92.3 cm³/mol. The fourth-order valence-corrected chi connectivity index (χ4v) is 3.28. The van der Waals surface area contributed by atoms with Gasteiger partial charge in [-0.2, -0.15) is 13.2 Å². The first-order chi connectivity index (χ1) is 12.7. The molecule has 3 N–H and O–H groups in total. The number of rotatable bonds is 7. The van der Waals surface area contributed by atoms with Crippen LogP contribution in [0.2, 0.25) is 0 Å². The van der Waals surface area contributed by atoms with Gasteiger partial charge in [0.25, 0.3) is 0 Å². The highest BCUT2D eigenvalue weighted by Crippen LogP contribution is 2.34. The highest BCUT2D eigenvalue weighted by Gasteiger charge is 2.37. The Hall–Kier alpha value is -2.29. The van der Waals surface area contributed by atoms with Crippen molar-refractivity contribution >= 4 is 17.7 Å². The van der Waals surface area contributed by atoms with Crippen molar-refractivity contribution in [3.63, 3.8) is 0 Å². The zero-order valence-electron chi connectivity index (χ0n) is 14.6. The molecule has 9 heteroatoms. The molecule has 6 nitrogen and oxygen atoms in total. The number of nitrogens with zero attached hydrogens (tertiary/aromatic N) is 1. The van der Waals surface area contributed by atoms with Crippen LogP contribution in [0.1, 0.15) is 31.2 Å². The molecule has 2 amide bonds. The van der Waals surface area contributed by atoms with Crippen LogP contribution in [0.5, 0.6) is 0 Å². The van der Waals surface area contributed by atoms with E-state index in [1.807, 2.05) is 4.90 Å². The maximum atomic E-state index is 12.7. The second kappa shape index (κ2) is 7.75. The number of aliphatic carboxylic acids is 1. The molecule has 2 saturated carbocycles. The number of carboxylic acid groups (broad SMARTS) is 1. The number of halogens is 3. The van der Waals surface area contributed by atoms with E-state index in [9.17, 15) is 22.8 Å². The molecule has 3 rings (SSSR count). The van der Waals surface area contributed by atoms with Crippen LogP contribution >= 0.6 is 0 Å². The summed E-state index contributed by atoms with van der Waals surface area (Å²) in [6, 6.07) is 3.88. The largest absolute Gasteiger partial charge is 0.480 e. The zero-order chi connectivity index (χ0) is 19.6. The summed E-state index contributed by atoms with van der Waals surface area (Å²) in [6.45, 7) is 0.754. The third-order valence-electron chi connectivity index (χ3n) is 4.94. The van der Waals surface area contributed by atoms with Gasteiger partial charge in [-0.15, -0.1) is 0 Å². The predicted octanol–water partition coefficient (Wildman–Crippen LogP) is 3.15. The molecule has 0 atom stereocenters. The molecular formula is C18H22F3N3O3. The van der Waals surface area contributed by atoms with Gasteiger partial charge in [0.1, 0.15) is 0 Å². The highest BCUT2D eigenvalue weighted by molar-refractivity contribution is 5.89. The lowest BCUT2D eigenvalue weighted by molar-refractivity contribution is -0.140. The molecule has 1 aromatic rings. The van der Waals surface area contributed by atoms with Gasteiger partial charge in [-0.3, -0.25) is 9.69 Å². The number of nitrogens with one attached hydrogen (secondary N) is 2. The van der Waals surface area contributed by atoms with E-state index in [1.54, 1.807) is 0 Å². The first kappa shape index (κ1) is 19.5. The Morgan fingerprint density at radius 1 is 1.22 bits per heavy atom. The lowest BCUT2D eigenvalue weighted by Gasteiger charge is -2.42. The number of urea groups is 1. The quantitative estimate of drug-likeness (QED) is 0.674. The molecule has 0 aliphatic heterocycles. The third-order valence-corrected chi connectivity index (χ3v) is 4.94. The van der Waals surface area contributed by atoms with Crippen molar-refractivity contribution in [2.75, 3.05) is 18.4 Å². The number of anilines is 1. The van der Waals surface area contributed by atoms with E-state index in [0.29, 0.717) is 18.8 Å². The maximum Gasteiger partial charge on any atom is 0.416 e. The van der Waals surface area contributed by atoms with Gasteiger partial charge in [0, 0.05) is 24.3 Å². The van der Waals surface area contributed by atoms with E-state index in [-0.39, 0.29) is 24.3 Å². The second-order valence-electron chi connectivity index (χ2n) is 7.27. The Bertz CT molecular complexity index is 701. The maximum absolute atomic E-state index is 12.7. The van der Waals surface area contributed by atoms with Crippen LogP contribution in [0.25, 0.3) is 0 Å². The van der Waals surface area contributed by atoms with Crippen LogP contribution in [0.15, 0.2) is 24.3 Å². The van der Waals surface area contributed by atoms with E-state index in [1.165, 1.54) is 12.1 Å². The fourth-order valence-electron chi connectivity index (χ4n) is 3.28. The summed E-state index contributed by atoms with van der Waals surface area (Å²) in [6.07, 6.45) is -0.940. The number of alkyl halides is 3. The minimum atomic E-state index is -4.47. The highest BCUT2D eigenvalue weighted by atomic mass is 19.4. The Morgan fingerprint density at radius 2 is 1.93 bits per heavy atom. The molecule has 0 heterocycles. The second-order valence-corrected chi connectivity index (χ2v) is 7.27. The van der Waals surface area contributed by atoms with E-state index < -0.39 is 23.7 Å². The summed E-state index contributed by atoms with van der Waals surface area (Å²) in [7, 11) is 0. The Kier molecular flexibility index (Phi) is 5.59. The van der Waals surface area contributed by atoms with Crippen molar-refractivity contribution in [2.45, 2.75) is 43.9 Å². The van der Waals surface area contributed by atoms with Gasteiger partial charge in [-0.05, 0) is 49.8 Å². The summed E-state index contributed by atoms with van der Waals surface area (Å²) < 4.78 is 38.1. The minimum absolute atomic E-state index is 0.00961. The lowest BCUT2D eigenvalue weighted by atomic mass is 9.85. The molecule has 0 aromatic heterocycles. The van der Waals surface area contributed by atoms with Crippen molar-refractivity contribution in [2.24, 2.45) is 5.92 Å². The number of carbonyl (C=O) groups is 2. The van der Waals surface area contributed by atoms with Crippen molar-refractivity contribution in [3.05, 3.63) is 29.8 Å². The van der Waals surface area contributed by atoms with Gasteiger partial charge in [-0.25, -0.2) is 4.79 Å². The monoisotopic (exact) mass is 385 g/mol. The van der Waals surface area contributed by atoms with Gasteiger partial charge in [-0.1, -0.05) is 6.07 Å². The summed E-state index contributed by atoms with van der Waals surface area (Å²) in [5.41, 5.74) is -0.757. The molecule has 0 radical (unpaired) electrons. The molecule has 0 unspecified atom stereocenters. The molecule has 0 spiro atoms. The van der Waals surface area contributed by atoms with Crippen molar-refractivity contribution in [1.29, 1.82) is 0 Å². The average Bonchev–Trinajstić information content (AvgIpc) is 3.33. The third kappa shape index (κ3) is 5.59. The number of benzene rings is 1. The fraction of sp³-hybridized carbons (Fsp3) is 0.556. The minimum Gasteiger partial charge on any atom is -0.480 e. The van der Waals surface area contributed by atoms with Crippen LogP contribution in [0.3, 0.4) is 0 Å². The van der Waals surface area contributed by atoms with Crippen molar-refractivity contribution in [3.8, 4) is 0 Å².